The third kappa shape index (κ3) is 6.80. The zero-order chi connectivity index (χ0) is 19.5. The first-order chi connectivity index (χ1) is 13.1. The summed E-state index contributed by atoms with van der Waals surface area (Å²) in [4.78, 5) is 0. The van der Waals surface area contributed by atoms with Gasteiger partial charge in [-0.15, -0.1) is 0 Å². The van der Waals surface area contributed by atoms with E-state index in [0.29, 0.717) is 29.0 Å². The Hall–Kier alpha value is -2.78. The summed E-state index contributed by atoms with van der Waals surface area (Å²) < 4.78 is 5.67. The van der Waals surface area contributed by atoms with Crippen molar-refractivity contribution in [1.29, 1.82) is 0 Å². The number of hydrogen-bond donors (Lipinski definition) is 4. The SMILES string of the molecule is CCNC(=S)N/N=C/C(=N/NC(=S)NCC)c1coc(-c2ccccc2)c1. The van der Waals surface area contributed by atoms with Crippen LogP contribution in [-0.2, 0) is 0 Å². The normalized spacial score (nSPS) is 11.3. The molecule has 0 atom stereocenters. The van der Waals surface area contributed by atoms with E-state index >= 15 is 0 Å². The van der Waals surface area contributed by atoms with Crippen LogP contribution in [0.3, 0.4) is 0 Å². The summed E-state index contributed by atoms with van der Waals surface area (Å²) in [5.41, 5.74) is 7.79. The second-order valence-electron chi connectivity index (χ2n) is 5.26. The van der Waals surface area contributed by atoms with Gasteiger partial charge in [0.25, 0.3) is 0 Å². The molecule has 9 heteroatoms. The summed E-state index contributed by atoms with van der Waals surface area (Å²) in [5.74, 6) is 0.733. The Morgan fingerprint density at radius 1 is 1.04 bits per heavy atom. The molecule has 1 aromatic carbocycles. The molecule has 1 heterocycles. The maximum absolute atomic E-state index is 5.67. The lowest BCUT2D eigenvalue weighted by Crippen LogP contribution is -2.33. The van der Waals surface area contributed by atoms with Crippen LogP contribution in [-0.4, -0.2) is 35.2 Å². The van der Waals surface area contributed by atoms with Crippen molar-refractivity contribution in [2.45, 2.75) is 13.8 Å². The Balaban J connectivity index is 2.19. The van der Waals surface area contributed by atoms with Crippen LogP contribution in [0.4, 0.5) is 0 Å². The summed E-state index contributed by atoms with van der Waals surface area (Å²) in [6, 6.07) is 11.7. The van der Waals surface area contributed by atoms with Gasteiger partial charge >= 0.3 is 0 Å². The third-order valence-electron chi connectivity index (χ3n) is 3.26. The fraction of sp³-hybridized carbons (Fsp3) is 0.222. The van der Waals surface area contributed by atoms with Gasteiger partial charge in [-0.05, 0) is 44.3 Å². The van der Waals surface area contributed by atoms with Crippen molar-refractivity contribution in [1.82, 2.24) is 21.5 Å². The average molecular weight is 403 g/mol. The summed E-state index contributed by atoms with van der Waals surface area (Å²) in [6.07, 6.45) is 3.17. The van der Waals surface area contributed by atoms with Gasteiger partial charge in [-0.3, -0.25) is 10.9 Å². The van der Waals surface area contributed by atoms with E-state index in [0.717, 1.165) is 16.9 Å². The van der Waals surface area contributed by atoms with Gasteiger partial charge in [-0.25, -0.2) is 0 Å². The van der Waals surface area contributed by atoms with Gasteiger partial charge < -0.3 is 15.1 Å². The molecule has 0 amide bonds. The van der Waals surface area contributed by atoms with Crippen LogP contribution in [0.1, 0.15) is 19.4 Å². The summed E-state index contributed by atoms with van der Waals surface area (Å²) >= 11 is 10.2. The molecule has 27 heavy (non-hydrogen) atoms. The minimum absolute atomic E-state index is 0.423. The van der Waals surface area contributed by atoms with Crippen LogP contribution < -0.4 is 21.5 Å². The van der Waals surface area contributed by atoms with Crippen LogP contribution in [0.5, 0.6) is 0 Å². The number of benzene rings is 1. The molecule has 0 unspecified atom stereocenters. The number of nitrogens with zero attached hydrogens (tertiary/aromatic N) is 2. The van der Waals surface area contributed by atoms with E-state index in [4.69, 9.17) is 28.9 Å². The molecular weight excluding hydrogens is 380 g/mol. The van der Waals surface area contributed by atoms with E-state index in [9.17, 15) is 0 Å². The highest BCUT2D eigenvalue weighted by atomic mass is 32.1. The number of nitrogens with one attached hydrogen (secondary N) is 4. The lowest BCUT2D eigenvalue weighted by atomic mass is 10.1. The van der Waals surface area contributed by atoms with Crippen molar-refractivity contribution in [3.05, 3.63) is 48.2 Å². The van der Waals surface area contributed by atoms with Crippen molar-refractivity contribution < 1.29 is 4.42 Å². The van der Waals surface area contributed by atoms with Gasteiger partial charge in [0.15, 0.2) is 10.2 Å². The Bertz CT molecular complexity index is 816. The van der Waals surface area contributed by atoms with E-state index in [1.54, 1.807) is 12.5 Å². The molecular formula is C18H22N6OS2. The fourth-order valence-corrected chi connectivity index (χ4v) is 2.44. The minimum atomic E-state index is 0.423. The van der Waals surface area contributed by atoms with E-state index < -0.39 is 0 Å². The third-order valence-corrected chi connectivity index (χ3v) is 3.73. The zero-order valence-electron chi connectivity index (χ0n) is 15.2. The van der Waals surface area contributed by atoms with Crippen LogP contribution in [0.15, 0.2) is 57.3 Å². The Labute approximate surface area is 169 Å². The number of furan rings is 1. The Kier molecular flexibility index (Phi) is 8.40. The second kappa shape index (κ2) is 11.0. The molecule has 2 rings (SSSR count). The molecule has 4 N–H and O–H groups in total. The number of rotatable bonds is 7. The van der Waals surface area contributed by atoms with Crippen molar-refractivity contribution in [3.63, 3.8) is 0 Å². The highest BCUT2D eigenvalue weighted by molar-refractivity contribution is 7.80. The second-order valence-corrected chi connectivity index (χ2v) is 6.08. The largest absolute Gasteiger partial charge is 0.464 e. The Morgan fingerprint density at radius 2 is 1.70 bits per heavy atom. The van der Waals surface area contributed by atoms with Gasteiger partial charge in [0.1, 0.15) is 17.7 Å². The van der Waals surface area contributed by atoms with Gasteiger partial charge in [-0.2, -0.15) is 10.2 Å². The quantitative estimate of drug-likeness (QED) is 0.322. The van der Waals surface area contributed by atoms with Gasteiger partial charge in [0, 0.05) is 24.2 Å². The smallest absolute Gasteiger partial charge is 0.186 e. The van der Waals surface area contributed by atoms with E-state index in [1.807, 2.05) is 50.2 Å². The molecule has 0 aliphatic heterocycles. The lowest BCUT2D eigenvalue weighted by Gasteiger charge is -2.05. The van der Waals surface area contributed by atoms with Crippen molar-refractivity contribution in [2.24, 2.45) is 10.2 Å². The predicted octanol–water partition coefficient (Wildman–Crippen LogP) is 2.60. The van der Waals surface area contributed by atoms with Crippen LogP contribution >= 0.6 is 24.4 Å². The highest BCUT2D eigenvalue weighted by Gasteiger charge is 2.09. The number of thiocarbonyl (C=S) groups is 2. The van der Waals surface area contributed by atoms with E-state index in [-0.39, 0.29) is 0 Å². The molecule has 0 spiro atoms. The monoisotopic (exact) mass is 402 g/mol. The molecule has 0 aliphatic rings. The Morgan fingerprint density at radius 3 is 2.37 bits per heavy atom. The highest BCUT2D eigenvalue weighted by Crippen LogP contribution is 2.21. The van der Waals surface area contributed by atoms with Gasteiger partial charge in [-0.1, -0.05) is 30.3 Å². The minimum Gasteiger partial charge on any atom is -0.464 e. The molecule has 2 aromatic rings. The zero-order valence-corrected chi connectivity index (χ0v) is 16.8. The van der Waals surface area contributed by atoms with Crippen molar-refractivity contribution in [3.8, 4) is 11.3 Å². The average Bonchev–Trinajstić information content (AvgIpc) is 3.15. The molecule has 1 aromatic heterocycles. The van der Waals surface area contributed by atoms with Gasteiger partial charge in [0.2, 0.25) is 0 Å². The van der Waals surface area contributed by atoms with E-state index in [2.05, 4.69) is 31.7 Å². The number of hydrogen-bond acceptors (Lipinski definition) is 5. The van der Waals surface area contributed by atoms with Crippen LogP contribution in [0.25, 0.3) is 11.3 Å². The molecule has 7 nitrogen and oxygen atoms in total. The first kappa shape index (κ1) is 20.5. The number of hydrazone groups is 2. The predicted molar refractivity (Wildman–Crippen MR) is 118 cm³/mol. The van der Waals surface area contributed by atoms with Crippen molar-refractivity contribution in [2.75, 3.05) is 13.1 Å². The fourth-order valence-electron chi connectivity index (χ4n) is 2.06. The molecule has 0 saturated carbocycles. The van der Waals surface area contributed by atoms with Crippen LogP contribution in [0, 0.1) is 0 Å². The summed E-state index contributed by atoms with van der Waals surface area (Å²) in [6.45, 7) is 5.32. The maximum atomic E-state index is 5.67. The molecule has 0 radical (unpaired) electrons. The molecule has 0 saturated heterocycles. The van der Waals surface area contributed by atoms with Crippen molar-refractivity contribution >= 4 is 46.6 Å². The molecule has 0 bridgehead atoms. The topological polar surface area (TPSA) is 86.0 Å². The molecule has 0 fully saturated rings. The van der Waals surface area contributed by atoms with Gasteiger partial charge in [0.05, 0.1) is 6.21 Å². The summed E-state index contributed by atoms with van der Waals surface area (Å²) in [7, 11) is 0. The standard InChI is InChI=1S/C18H22N6OS2/c1-3-19-17(26)23-21-11-15(22-24-18(27)20-4-2)14-10-16(25-12-14)13-8-6-5-7-9-13/h5-12H,3-4H2,1-2H3,(H2,19,23,26)(H2,20,24,27)/b21-11+,22-15-. The summed E-state index contributed by atoms with van der Waals surface area (Å²) in [5, 5.41) is 15.2. The maximum Gasteiger partial charge on any atom is 0.186 e. The first-order valence-electron chi connectivity index (χ1n) is 8.46. The van der Waals surface area contributed by atoms with E-state index in [1.165, 1.54) is 0 Å². The lowest BCUT2D eigenvalue weighted by molar-refractivity contribution is 0.582. The molecule has 0 aliphatic carbocycles. The van der Waals surface area contributed by atoms with Crippen LogP contribution in [0.2, 0.25) is 0 Å². The molecule has 142 valence electrons. The first-order valence-corrected chi connectivity index (χ1v) is 9.28.